The summed E-state index contributed by atoms with van der Waals surface area (Å²) in [5, 5.41) is 3.07. The molecule has 1 amide bonds. The predicted molar refractivity (Wildman–Crippen MR) is 69.3 cm³/mol. The van der Waals surface area contributed by atoms with Gasteiger partial charge < -0.3 is 10.2 Å². The summed E-state index contributed by atoms with van der Waals surface area (Å²) in [4.78, 5) is 13.5. The van der Waals surface area contributed by atoms with Crippen molar-refractivity contribution < 1.29 is 18.0 Å². The van der Waals surface area contributed by atoms with Crippen LogP contribution in [0.4, 0.5) is 13.2 Å². The van der Waals surface area contributed by atoms with E-state index in [1.165, 1.54) is 17.0 Å². The molecule has 1 fully saturated rings. The van der Waals surface area contributed by atoms with E-state index < -0.39 is 24.4 Å². The van der Waals surface area contributed by atoms with Crippen LogP contribution in [0.3, 0.4) is 0 Å². The van der Waals surface area contributed by atoms with Crippen molar-refractivity contribution in [3.63, 3.8) is 0 Å². The monoisotopic (exact) mass is 286 g/mol. The van der Waals surface area contributed by atoms with Crippen LogP contribution in [-0.2, 0) is 4.79 Å². The van der Waals surface area contributed by atoms with Crippen LogP contribution in [0.2, 0.25) is 0 Å². The fourth-order valence-corrected chi connectivity index (χ4v) is 2.33. The number of carbonyl (C=O) groups excluding carboxylic acids is 1. The zero-order valence-corrected chi connectivity index (χ0v) is 11.0. The first-order chi connectivity index (χ1) is 9.48. The van der Waals surface area contributed by atoms with Crippen molar-refractivity contribution in [3.05, 3.63) is 35.9 Å². The Bertz CT molecular complexity index is 441. The van der Waals surface area contributed by atoms with Gasteiger partial charge in [0, 0.05) is 32.6 Å². The van der Waals surface area contributed by atoms with Gasteiger partial charge in [0.25, 0.3) is 0 Å². The first kappa shape index (κ1) is 14.8. The molecule has 2 rings (SSSR count). The van der Waals surface area contributed by atoms with Crippen LogP contribution >= 0.6 is 0 Å². The Morgan fingerprint density at radius 1 is 1.20 bits per heavy atom. The molecular weight excluding hydrogens is 269 g/mol. The average molecular weight is 286 g/mol. The van der Waals surface area contributed by atoms with E-state index in [0.29, 0.717) is 26.2 Å². The number of carbonyl (C=O) groups is 1. The van der Waals surface area contributed by atoms with Gasteiger partial charge in [-0.2, -0.15) is 13.2 Å². The van der Waals surface area contributed by atoms with Gasteiger partial charge in [-0.15, -0.1) is 0 Å². The summed E-state index contributed by atoms with van der Waals surface area (Å²) in [7, 11) is 0. The molecule has 1 aromatic rings. The van der Waals surface area contributed by atoms with Crippen LogP contribution in [0, 0.1) is 0 Å². The van der Waals surface area contributed by atoms with Crippen molar-refractivity contribution in [1.29, 1.82) is 0 Å². The number of rotatable bonds is 3. The molecule has 0 saturated carbocycles. The molecule has 3 nitrogen and oxygen atoms in total. The summed E-state index contributed by atoms with van der Waals surface area (Å²) in [5.41, 5.74) is 0.142. The Morgan fingerprint density at radius 2 is 1.80 bits per heavy atom. The average Bonchev–Trinajstić information content (AvgIpc) is 2.45. The first-order valence-corrected chi connectivity index (χ1v) is 6.58. The number of halogens is 3. The standard InChI is InChI=1S/C14H17F3N2O/c15-14(16,17)12(11-4-2-1-3-5-11)10-13(20)19-8-6-18-7-9-19/h1-5,12,18H,6-10H2. The van der Waals surface area contributed by atoms with Gasteiger partial charge >= 0.3 is 6.18 Å². The number of hydrogen-bond donors (Lipinski definition) is 1. The SMILES string of the molecule is O=C(CC(c1ccccc1)C(F)(F)F)N1CCNCC1. The van der Waals surface area contributed by atoms with Crippen molar-refractivity contribution >= 4 is 5.91 Å². The number of benzene rings is 1. The van der Waals surface area contributed by atoms with Crippen molar-refractivity contribution in [2.75, 3.05) is 26.2 Å². The Morgan fingerprint density at radius 3 is 2.35 bits per heavy atom. The van der Waals surface area contributed by atoms with E-state index in [1.54, 1.807) is 18.2 Å². The zero-order chi connectivity index (χ0) is 14.6. The highest BCUT2D eigenvalue weighted by Gasteiger charge is 2.42. The lowest BCUT2D eigenvalue weighted by molar-refractivity contribution is -0.160. The highest BCUT2D eigenvalue weighted by atomic mass is 19.4. The normalized spacial score (nSPS) is 17.9. The fraction of sp³-hybridized carbons (Fsp3) is 0.500. The Kier molecular flexibility index (Phi) is 4.65. The molecule has 1 atom stereocenters. The predicted octanol–water partition coefficient (Wildman–Crippen LogP) is 2.15. The molecule has 1 unspecified atom stereocenters. The van der Waals surface area contributed by atoms with E-state index in [9.17, 15) is 18.0 Å². The van der Waals surface area contributed by atoms with E-state index in [2.05, 4.69) is 5.32 Å². The Hall–Kier alpha value is -1.56. The lowest BCUT2D eigenvalue weighted by atomic mass is 9.94. The number of amides is 1. The topological polar surface area (TPSA) is 32.3 Å². The second kappa shape index (κ2) is 6.26. The molecule has 1 heterocycles. The van der Waals surface area contributed by atoms with Crippen molar-refractivity contribution in [3.8, 4) is 0 Å². The minimum atomic E-state index is -4.41. The minimum absolute atomic E-state index is 0.142. The molecule has 0 spiro atoms. The summed E-state index contributed by atoms with van der Waals surface area (Å²) in [6.45, 7) is 2.21. The molecule has 1 aliphatic rings. The molecule has 110 valence electrons. The number of piperazine rings is 1. The second-order valence-electron chi connectivity index (χ2n) is 4.84. The van der Waals surface area contributed by atoms with Gasteiger partial charge in [-0.3, -0.25) is 4.79 Å². The van der Waals surface area contributed by atoms with E-state index in [4.69, 9.17) is 0 Å². The molecule has 6 heteroatoms. The molecule has 1 N–H and O–H groups in total. The molecule has 1 saturated heterocycles. The van der Waals surface area contributed by atoms with E-state index in [1.807, 2.05) is 0 Å². The summed E-state index contributed by atoms with van der Waals surface area (Å²) >= 11 is 0. The van der Waals surface area contributed by atoms with Crippen LogP contribution in [0.1, 0.15) is 17.9 Å². The fourth-order valence-electron chi connectivity index (χ4n) is 2.33. The number of alkyl halides is 3. The molecule has 1 aromatic carbocycles. The van der Waals surface area contributed by atoms with E-state index >= 15 is 0 Å². The Labute approximate surface area is 115 Å². The molecule has 0 aliphatic carbocycles. The largest absolute Gasteiger partial charge is 0.396 e. The van der Waals surface area contributed by atoms with Gasteiger partial charge in [0.1, 0.15) is 0 Å². The van der Waals surface area contributed by atoms with Crippen LogP contribution in [0.15, 0.2) is 30.3 Å². The first-order valence-electron chi connectivity index (χ1n) is 6.58. The third-order valence-electron chi connectivity index (χ3n) is 3.45. The number of hydrogen-bond acceptors (Lipinski definition) is 2. The number of nitrogens with zero attached hydrogens (tertiary/aromatic N) is 1. The third-order valence-corrected chi connectivity index (χ3v) is 3.45. The summed E-state index contributed by atoms with van der Waals surface area (Å²) in [5.74, 6) is -2.16. The maximum Gasteiger partial charge on any atom is 0.396 e. The summed E-state index contributed by atoms with van der Waals surface area (Å²) in [6, 6.07) is 7.62. The smallest absolute Gasteiger partial charge is 0.340 e. The third kappa shape index (κ3) is 3.72. The Balaban J connectivity index is 2.10. The maximum atomic E-state index is 13.2. The minimum Gasteiger partial charge on any atom is -0.340 e. The van der Waals surface area contributed by atoms with Gasteiger partial charge in [0.2, 0.25) is 5.91 Å². The highest BCUT2D eigenvalue weighted by molar-refractivity contribution is 5.77. The van der Waals surface area contributed by atoms with Gasteiger partial charge in [-0.25, -0.2) is 0 Å². The van der Waals surface area contributed by atoms with Crippen LogP contribution in [0.5, 0.6) is 0 Å². The van der Waals surface area contributed by atoms with Crippen molar-refractivity contribution in [2.45, 2.75) is 18.5 Å². The molecule has 0 bridgehead atoms. The number of nitrogens with one attached hydrogen (secondary N) is 1. The van der Waals surface area contributed by atoms with Crippen LogP contribution in [-0.4, -0.2) is 43.2 Å². The highest BCUT2D eigenvalue weighted by Crippen LogP contribution is 2.37. The summed E-state index contributed by atoms with van der Waals surface area (Å²) < 4.78 is 39.5. The molecule has 1 aliphatic heterocycles. The van der Waals surface area contributed by atoms with Crippen LogP contribution < -0.4 is 5.32 Å². The van der Waals surface area contributed by atoms with E-state index in [0.717, 1.165) is 0 Å². The quantitative estimate of drug-likeness (QED) is 0.923. The van der Waals surface area contributed by atoms with Gasteiger partial charge in [0.15, 0.2) is 0 Å². The van der Waals surface area contributed by atoms with Gasteiger partial charge in [0.05, 0.1) is 5.92 Å². The lowest BCUT2D eigenvalue weighted by Gasteiger charge is -2.29. The summed E-state index contributed by atoms with van der Waals surface area (Å²) in [6.07, 6.45) is -4.93. The van der Waals surface area contributed by atoms with Gasteiger partial charge in [-0.05, 0) is 5.56 Å². The van der Waals surface area contributed by atoms with Crippen LogP contribution in [0.25, 0.3) is 0 Å². The van der Waals surface area contributed by atoms with Gasteiger partial charge in [-0.1, -0.05) is 30.3 Å². The molecular formula is C14H17F3N2O. The lowest BCUT2D eigenvalue weighted by Crippen LogP contribution is -2.47. The second-order valence-corrected chi connectivity index (χ2v) is 4.84. The zero-order valence-electron chi connectivity index (χ0n) is 11.0. The molecule has 0 aromatic heterocycles. The van der Waals surface area contributed by atoms with E-state index in [-0.39, 0.29) is 5.56 Å². The molecule has 20 heavy (non-hydrogen) atoms. The van der Waals surface area contributed by atoms with Crippen molar-refractivity contribution in [1.82, 2.24) is 10.2 Å². The van der Waals surface area contributed by atoms with Crippen molar-refractivity contribution in [2.24, 2.45) is 0 Å². The maximum absolute atomic E-state index is 13.2. The molecule has 0 radical (unpaired) electrons.